The highest BCUT2D eigenvalue weighted by atomic mass is 16.5. The van der Waals surface area contributed by atoms with Crippen molar-refractivity contribution in [1.82, 2.24) is 15.5 Å². The summed E-state index contributed by atoms with van der Waals surface area (Å²) in [7, 11) is 3.16. The molecule has 2 aromatic rings. The number of amides is 1. The number of carbonyl (C=O) groups excluding carboxylic acids is 1. The maximum atomic E-state index is 11.6. The predicted octanol–water partition coefficient (Wildman–Crippen LogP) is 2.60. The summed E-state index contributed by atoms with van der Waals surface area (Å²) < 4.78 is 15.7. The van der Waals surface area contributed by atoms with E-state index in [4.69, 9.17) is 14.0 Å². The molecule has 0 saturated carbocycles. The zero-order valence-corrected chi connectivity index (χ0v) is 14.5. The lowest BCUT2D eigenvalue weighted by molar-refractivity contribution is -0.121. The summed E-state index contributed by atoms with van der Waals surface area (Å²) in [6, 6.07) is 5.58. The number of hydrogen-bond donors (Lipinski definition) is 1. The van der Waals surface area contributed by atoms with Crippen LogP contribution >= 0.6 is 0 Å². The van der Waals surface area contributed by atoms with Crippen LogP contribution in [0.5, 0.6) is 11.5 Å². The third kappa shape index (κ3) is 4.71. The van der Waals surface area contributed by atoms with E-state index in [-0.39, 0.29) is 11.9 Å². The van der Waals surface area contributed by atoms with Gasteiger partial charge in [-0.3, -0.25) is 4.79 Å². The molecule has 0 aliphatic carbocycles. The summed E-state index contributed by atoms with van der Waals surface area (Å²) in [5.41, 5.74) is 0.778. The summed E-state index contributed by atoms with van der Waals surface area (Å²) in [5.74, 6) is 2.27. The lowest BCUT2D eigenvalue weighted by Crippen LogP contribution is -2.29. The highest BCUT2D eigenvalue weighted by molar-refractivity contribution is 5.76. The van der Waals surface area contributed by atoms with Gasteiger partial charge in [0, 0.05) is 24.4 Å². The van der Waals surface area contributed by atoms with E-state index >= 15 is 0 Å². The van der Waals surface area contributed by atoms with Gasteiger partial charge < -0.3 is 19.3 Å². The van der Waals surface area contributed by atoms with Crippen molar-refractivity contribution in [2.75, 3.05) is 14.2 Å². The lowest BCUT2D eigenvalue weighted by atomic mass is 10.2. The molecule has 0 saturated heterocycles. The Labute approximate surface area is 141 Å². The second-order valence-corrected chi connectivity index (χ2v) is 5.66. The van der Waals surface area contributed by atoms with Crippen molar-refractivity contribution in [2.45, 2.75) is 39.2 Å². The number of aromatic nitrogens is 2. The number of aryl methyl sites for hydroxylation is 1. The van der Waals surface area contributed by atoms with Gasteiger partial charge in [-0.2, -0.15) is 4.98 Å². The number of nitrogens with zero attached hydrogens (tertiary/aromatic N) is 2. The quantitative estimate of drug-likeness (QED) is 0.799. The summed E-state index contributed by atoms with van der Waals surface area (Å²) >= 11 is 0. The van der Waals surface area contributed by atoms with E-state index in [0.29, 0.717) is 42.5 Å². The monoisotopic (exact) mass is 333 g/mol. The van der Waals surface area contributed by atoms with Gasteiger partial charge in [0.05, 0.1) is 14.2 Å². The standard InChI is InChI=1S/C17H23N3O4/c1-11(2)18-15(21)6-5-7-16-19-17(20-24-16)12-8-9-13(22-3)14(10-12)23-4/h8-11H,5-7H2,1-4H3,(H,18,21). The number of rotatable bonds is 8. The maximum absolute atomic E-state index is 11.6. The fourth-order valence-electron chi connectivity index (χ4n) is 2.24. The summed E-state index contributed by atoms with van der Waals surface area (Å²) in [5, 5.41) is 6.83. The molecule has 1 N–H and O–H groups in total. The molecule has 0 fully saturated rings. The minimum absolute atomic E-state index is 0.0321. The SMILES string of the molecule is COc1ccc(-c2noc(CCCC(=O)NC(C)C)n2)cc1OC. The average Bonchev–Trinajstić information content (AvgIpc) is 3.02. The van der Waals surface area contributed by atoms with Crippen LogP contribution in [0.2, 0.25) is 0 Å². The highest BCUT2D eigenvalue weighted by Gasteiger charge is 2.12. The van der Waals surface area contributed by atoms with E-state index in [1.165, 1.54) is 0 Å². The molecule has 0 aliphatic heterocycles. The summed E-state index contributed by atoms with van der Waals surface area (Å²) in [4.78, 5) is 16.0. The van der Waals surface area contributed by atoms with Crippen molar-refractivity contribution in [3.63, 3.8) is 0 Å². The van der Waals surface area contributed by atoms with Crippen molar-refractivity contribution in [1.29, 1.82) is 0 Å². The Kier molecular flexibility index (Phi) is 6.17. The van der Waals surface area contributed by atoms with E-state index in [0.717, 1.165) is 5.56 Å². The predicted molar refractivity (Wildman–Crippen MR) is 89.1 cm³/mol. The molecule has 1 aromatic carbocycles. The normalized spacial score (nSPS) is 10.7. The first kappa shape index (κ1) is 17.8. The van der Waals surface area contributed by atoms with Gasteiger partial charge in [-0.05, 0) is 38.5 Å². The molecule has 1 amide bonds. The Morgan fingerprint density at radius 2 is 2.00 bits per heavy atom. The fourth-order valence-corrected chi connectivity index (χ4v) is 2.24. The van der Waals surface area contributed by atoms with Crippen molar-refractivity contribution >= 4 is 5.91 Å². The van der Waals surface area contributed by atoms with Crippen LogP contribution in [0.4, 0.5) is 0 Å². The van der Waals surface area contributed by atoms with Gasteiger partial charge in [0.15, 0.2) is 11.5 Å². The van der Waals surface area contributed by atoms with Gasteiger partial charge in [0.25, 0.3) is 0 Å². The Morgan fingerprint density at radius 3 is 2.67 bits per heavy atom. The molecular weight excluding hydrogens is 310 g/mol. The van der Waals surface area contributed by atoms with Crippen LogP contribution < -0.4 is 14.8 Å². The lowest BCUT2D eigenvalue weighted by Gasteiger charge is -2.07. The number of hydrogen-bond acceptors (Lipinski definition) is 6. The Balaban J connectivity index is 1.97. The second-order valence-electron chi connectivity index (χ2n) is 5.66. The number of methoxy groups -OCH3 is 2. The van der Waals surface area contributed by atoms with Crippen LogP contribution in [0.25, 0.3) is 11.4 Å². The fraction of sp³-hybridized carbons (Fsp3) is 0.471. The molecule has 24 heavy (non-hydrogen) atoms. The first-order chi connectivity index (χ1) is 11.5. The van der Waals surface area contributed by atoms with E-state index in [1.54, 1.807) is 26.4 Å². The van der Waals surface area contributed by atoms with Crippen molar-refractivity contribution in [3.05, 3.63) is 24.1 Å². The van der Waals surface area contributed by atoms with Gasteiger partial charge in [0.1, 0.15) is 0 Å². The first-order valence-corrected chi connectivity index (χ1v) is 7.87. The van der Waals surface area contributed by atoms with E-state index in [9.17, 15) is 4.79 Å². The van der Waals surface area contributed by atoms with Crippen LogP contribution in [0.1, 0.15) is 32.6 Å². The first-order valence-electron chi connectivity index (χ1n) is 7.87. The number of ether oxygens (including phenoxy) is 2. The third-order valence-electron chi connectivity index (χ3n) is 3.35. The van der Waals surface area contributed by atoms with Crippen LogP contribution in [0, 0.1) is 0 Å². The van der Waals surface area contributed by atoms with Crippen LogP contribution in [0.15, 0.2) is 22.7 Å². The van der Waals surface area contributed by atoms with E-state index in [1.807, 2.05) is 19.9 Å². The molecule has 0 radical (unpaired) electrons. The second kappa shape index (κ2) is 8.33. The van der Waals surface area contributed by atoms with Gasteiger partial charge in [-0.1, -0.05) is 5.16 Å². The Hall–Kier alpha value is -2.57. The third-order valence-corrected chi connectivity index (χ3v) is 3.35. The molecule has 2 rings (SSSR count). The zero-order chi connectivity index (χ0) is 17.5. The average molecular weight is 333 g/mol. The maximum Gasteiger partial charge on any atom is 0.226 e. The van der Waals surface area contributed by atoms with E-state index < -0.39 is 0 Å². The van der Waals surface area contributed by atoms with Crippen LogP contribution in [0.3, 0.4) is 0 Å². The van der Waals surface area contributed by atoms with E-state index in [2.05, 4.69) is 15.5 Å². The van der Waals surface area contributed by atoms with Gasteiger partial charge in [0.2, 0.25) is 17.6 Å². The minimum Gasteiger partial charge on any atom is -0.493 e. The van der Waals surface area contributed by atoms with Crippen molar-refractivity contribution in [2.24, 2.45) is 0 Å². The largest absolute Gasteiger partial charge is 0.493 e. The van der Waals surface area contributed by atoms with Gasteiger partial charge >= 0.3 is 0 Å². The smallest absolute Gasteiger partial charge is 0.226 e. The number of carbonyl (C=O) groups is 1. The summed E-state index contributed by atoms with van der Waals surface area (Å²) in [6.07, 6.45) is 1.66. The molecule has 7 nitrogen and oxygen atoms in total. The molecular formula is C17H23N3O4. The van der Waals surface area contributed by atoms with Crippen molar-refractivity contribution < 1.29 is 18.8 Å². The molecule has 7 heteroatoms. The molecule has 1 aromatic heterocycles. The molecule has 0 atom stereocenters. The molecule has 130 valence electrons. The zero-order valence-electron chi connectivity index (χ0n) is 14.5. The van der Waals surface area contributed by atoms with Crippen molar-refractivity contribution in [3.8, 4) is 22.9 Å². The molecule has 0 spiro atoms. The Morgan fingerprint density at radius 1 is 1.25 bits per heavy atom. The minimum atomic E-state index is 0.0321. The topological polar surface area (TPSA) is 86.5 Å². The summed E-state index contributed by atoms with van der Waals surface area (Å²) in [6.45, 7) is 3.87. The molecule has 0 unspecified atom stereocenters. The van der Waals surface area contributed by atoms with Crippen LogP contribution in [-0.2, 0) is 11.2 Å². The van der Waals surface area contributed by atoms with Gasteiger partial charge in [-0.15, -0.1) is 0 Å². The molecule has 0 bridgehead atoms. The molecule has 1 heterocycles. The molecule has 0 aliphatic rings. The van der Waals surface area contributed by atoms with Crippen LogP contribution in [-0.4, -0.2) is 36.3 Å². The van der Waals surface area contributed by atoms with Gasteiger partial charge in [-0.25, -0.2) is 0 Å². The Bertz CT molecular complexity index is 682. The number of benzene rings is 1. The highest BCUT2D eigenvalue weighted by Crippen LogP contribution is 2.31. The number of nitrogens with one attached hydrogen (secondary N) is 1.